The summed E-state index contributed by atoms with van der Waals surface area (Å²) >= 11 is 1.42. The van der Waals surface area contributed by atoms with E-state index in [1.54, 1.807) is 18.2 Å². The number of carbonyl (C=O) groups is 1. The number of ether oxygens (including phenoxy) is 1. The molecule has 1 aliphatic rings. The predicted molar refractivity (Wildman–Crippen MR) is 117 cm³/mol. The van der Waals surface area contributed by atoms with Crippen LogP contribution in [0, 0.1) is 0 Å². The highest BCUT2D eigenvalue weighted by molar-refractivity contribution is 7.17. The normalized spacial score (nSPS) is 12.0. The molecule has 1 aliphatic heterocycles. The first-order valence-corrected chi connectivity index (χ1v) is 10.4. The predicted octanol–water partition coefficient (Wildman–Crippen LogP) is 3.79. The molecule has 0 aliphatic carbocycles. The van der Waals surface area contributed by atoms with Gasteiger partial charge in [-0.05, 0) is 37.3 Å². The summed E-state index contributed by atoms with van der Waals surface area (Å²) in [6.45, 7) is 2.72. The van der Waals surface area contributed by atoms with E-state index in [4.69, 9.17) is 4.74 Å². The van der Waals surface area contributed by atoms with Gasteiger partial charge in [-0.25, -0.2) is 4.98 Å². The Morgan fingerprint density at radius 1 is 1.20 bits per heavy atom. The number of hydrogen-bond donors (Lipinski definition) is 2. The van der Waals surface area contributed by atoms with Crippen LogP contribution < -0.4 is 21.1 Å². The van der Waals surface area contributed by atoms with E-state index >= 15 is 0 Å². The van der Waals surface area contributed by atoms with Crippen molar-refractivity contribution in [2.24, 2.45) is 0 Å². The Bertz CT molecular complexity index is 1340. The lowest BCUT2D eigenvalue weighted by atomic mass is 10.1. The molecule has 0 unspecified atom stereocenters. The van der Waals surface area contributed by atoms with Crippen LogP contribution in [0.3, 0.4) is 0 Å². The smallest absolute Gasteiger partial charge is 0.279 e. The van der Waals surface area contributed by atoms with Crippen LogP contribution in [0.1, 0.15) is 22.2 Å². The molecule has 7 nitrogen and oxygen atoms in total. The topological polar surface area (TPSA) is 85.2 Å². The average Bonchev–Trinajstić information content (AvgIpc) is 3.23. The van der Waals surface area contributed by atoms with Gasteiger partial charge in [0.2, 0.25) is 5.95 Å². The van der Waals surface area contributed by atoms with Crippen LogP contribution in [0.5, 0.6) is 5.75 Å². The number of amides is 1. The van der Waals surface area contributed by atoms with Gasteiger partial charge in [-0.15, -0.1) is 11.3 Å². The zero-order valence-corrected chi connectivity index (χ0v) is 17.0. The SMILES string of the molecule is CCn1c(NNC(=O)c2cc3c(s2)-c2ccccc2OC3)nc2ccccc2c1=O. The lowest BCUT2D eigenvalue weighted by Crippen LogP contribution is -2.34. The lowest BCUT2D eigenvalue weighted by molar-refractivity contribution is 0.0966. The Morgan fingerprint density at radius 3 is 2.87 bits per heavy atom. The number of hydrogen-bond acceptors (Lipinski definition) is 6. The first kappa shape index (κ1) is 18.4. The molecule has 3 heterocycles. The Hall–Kier alpha value is -3.65. The first-order valence-electron chi connectivity index (χ1n) is 9.56. The number of para-hydroxylation sites is 2. The van der Waals surface area contributed by atoms with E-state index in [0.29, 0.717) is 34.9 Å². The molecule has 2 aromatic carbocycles. The number of benzene rings is 2. The minimum absolute atomic E-state index is 0.153. The maximum atomic E-state index is 12.8. The third-order valence-electron chi connectivity index (χ3n) is 5.01. The number of nitrogens with one attached hydrogen (secondary N) is 2. The summed E-state index contributed by atoms with van der Waals surface area (Å²) in [5.41, 5.74) is 7.89. The maximum absolute atomic E-state index is 12.8. The summed E-state index contributed by atoms with van der Waals surface area (Å²) in [4.78, 5) is 31.6. The van der Waals surface area contributed by atoms with Crippen LogP contribution in [0.25, 0.3) is 21.3 Å². The number of carbonyl (C=O) groups excluding carboxylic acids is 1. The molecule has 2 aromatic heterocycles. The second kappa shape index (κ2) is 7.31. The largest absolute Gasteiger partial charge is 0.488 e. The molecular formula is C22H18N4O3S. The molecule has 30 heavy (non-hydrogen) atoms. The number of aromatic nitrogens is 2. The quantitative estimate of drug-likeness (QED) is 0.493. The molecule has 0 saturated heterocycles. The van der Waals surface area contributed by atoms with Gasteiger partial charge in [0.15, 0.2) is 0 Å². The molecule has 0 bridgehead atoms. The van der Waals surface area contributed by atoms with Crippen LogP contribution in [0.4, 0.5) is 5.95 Å². The van der Waals surface area contributed by atoms with Crippen LogP contribution in [-0.4, -0.2) is 15.5 Å². The van der Waals surface area contributed by atoms with E-state index < -0.39 is 0 Å². The van der Waals surface area contributed by atoms with E-state index in [9.17, 15) is 9.59 Å². The molecule has 0 radical (unpaired) electrons. The summed E-state index contributed by atoms with van der Waals surface area (Å²) in [6.07, 6.45) is 0. The fraction of sp³-hybridized carbons (Fsp3) is 0.136. The van der Waals surface area contributed by atoms with Crippen LogP contribution in [0.2, 0.25) is 0 Å². The van der Waals surface area contributed by atoms with Crippen molar-refractivity contribution >= 4 is 34.1 Å². The number of anilines is 1. The monoisotopic (exact) mass is 418 g/mol. The van der Waals surface area contributed by atoms with Crippen molar-refractivity contribution in [3.8, 4) is 16.2 Å². The summed E-state index contributed by atoms with van der Waals surface area (Å²) in [5, 5.41) is 0.542. The molecule has 0 saturated carbocycles. The molecule has 5 rings (SSSR count). The molecule has 0 spiro atoms. The van der Waals surface area contributed by atoms with E-state index in [-0.39, 0.29) is 11.5 Å². The van der Waals surface area contributed by atoms with Gasteiger partial charge >= 0.3 is 0 Å². The number of nitrogens with zero attached hydrogens (tertiary/aromatic N) is 2. The Kier molecular flexibility index (Phi) is 4.48. The van der Waals surface area contributed by atoms with Crippen molar-refractivity contribution in [1.82, 2.24) is 15.0 Å². The van der Waals surface area contributed by atoms with Crippen molar-refractivity contribution in [3.05, 3.63) is 75.4 Å². The van der Waals surface area contributed by atoms with Crippen molar-refractivity contribution in [2.75, 3.05) is 5.43 Å². The van der Waals surface area contributed by atoms with Crippen LogP contribution in [-0.2, 0) is 13.2 Å². The highest BCUT2D eigenvalue weighted by atomic mass is 32.1. The number of fused-ring (bicyclic) bond motifs is 4. The van der Waals surface area contributed by atoms with Crippen molar-refractivity contribution in [1.29, 1.82) is 0 Å². The Labute approximate surface area is 175 Å². The average molecular weight is 418 g/mol. The van der Waals surface area contributed by atoms with Gasteiger partial charge in [0.25, 0.3) is 11.5 Å². The van der Waals surface area contributed by atoms with Gasteiger partial charge in [0.1, 0.15) is 12.4 Å². The van der Waals surface area contributed by atoms with Gasteiger partial charge in [-0.1, -0.05) is 24.3 Å². The highest BCUT2D eigenvalue weighted by Crippen LogP contribution is 2.42. The Morgan fingerprint density at radius 2 is 2.00 bits per heavy atom. The van der Waals surface area contributed by atoms with Crippen LogP contribution >= 0.6 is 11.3 Å². The fourth-order valence-corrected chi connectivity index (χ4v) is 4.63. The fourth-order valence-electron chi connectivity index (χ4n) is 3.54. The van der Waals surface area contributed by atoms with Gasteiger partial charge in [-0.3, -0.25) is 25.0 Å². The van der Waals surface area contributed by atoms with E-state index in [2.05, 4.69) is 15.8 Å². The summed E-state index contributed by atoms with van der Waals surface area (Å²) in [6, 6.07) is 16.8. The second-order valence-electron chi connectivity index (χ2n) is 6.83. The zero-order chi connectivity index (χ0) is 20.7. The Balaban J connectivity index is 1.42. The van der Waals surface area contributed by atoms with Crippen molar-refractivity contribution in [2.45, 2.75) is 20.1 Å². The van der Waals surface area contributed by atoms with E-state index in [1.165, 1.54) is 15.9 Å². The number of thiophene rings is 1. The van der Waals surface area contributed by atoms with Crippen LogP contribution in [0.15, 0.2) is 59.4 Å². The highest BCUT2D eigenvalue weighted by Gasteiger charge is 2.22. The molecule has 1 amide bonds. The molecular weight excluding hydrogens is 400 g/mol. The third kappa shape index (κ3) is 3.02. The zero-order valence-electron chi connectivity index (χ0n) is 16.1. The molecule has 2 N–H and O–H groups in total. The van der Waals surface area contributed by atoms with Gasteiger partial charge in [0.05, 0.1) is 15.8 Å². The minimum atomic E-state index is -0.294. The molecule has 8 heteroatoms. The third-order valence-corrected chi connectivity index (χ3v) is 6.22. The molecule has 4 aromatic rings. The van der Waals surface area contributed by atoms with Crippen molar-refractivity contribution < 1.29 is 9.53 Å². The lowest BCUT2D eigenvalue weighted by Gasteiger charge is -2.16. The van der Waals surface area contributed by atoms with Gasteiger partial charge < -0.3 is 4.74 Å². The second-order valence-corrected chi connectivity index (χ2v) is 7.88. The number of hydrazine groups is 1. The minimum Gasteiger partial charge on any atom is -0.488 e. The molecule has 0 atom stereocenters. The first-order chi connectivity index (χ1) is 14.7. The number of rotatable bonds is 4. The summed E-state index contributed by atoms with van der Waals surface area (Å²) in [5.74, 6) is 0.825. The van der Waals surface area contributed by atoms with Gasteiger partial charge in [0, 0.05) is 22.5 Å². The summed E-state index contributed by atoms with van der Waals surface area (Å²) < 4.78 is 7.26. The molecule has 150 valence electrons. The molecule has 0 fully saturated rings. The van der Waals surface area contributed by atoms with Gasteiger partial charge in [-0.2, -0.15) is 0 Å². The van der Waals surface area contributed by atoms with E-state index in [0.717, 1.165) is 21.8 Å². The van der Waals surface area contributed by atoms with Crippen molar-refractivity contribution in [3.63, 3.8) is 0 Å². The maximum Gasteiger partial charge on any atom is 0.279 e. The van der Waals surface area contributed by atoms with E-state index in [1.807, 2.05) is 43.3 Å². The summed E-state index contributed by atoms with van der Waals surface area (Å²) in [7, 11) is 0. The standard InChI is InChI=1S/C22H18N4O3S/c1-2-26-21(28)14-7-3-5-9-16(14)23-22(26)25-24-20(27)18-11-13-12-29-17-10-6-4-8-15(17)19(13)30-18/h3-11H,2,12H2,1H3,(H,23,25)(H,24,27).